The van der Waals surface area contributed by atoms with Crippen molar-refractivity contribution in [2.24, 2.45) is 0 Å². The van der Waals surface area contributed by atoms with Crippen LogP contribution in [0.1, 0.15) is 43.5 Å². The third kappa shape index (κ3) is 3.95. The number of rotatable bonds is 6. The van der Waals surface area contributed by atoms with E-state index >= 15 is 0 Å². The van der Waals surface area contributed by atoms with Crippen LogP contribution >= 0.6 is 0 Å². The third-order valence-corrected chi connectivity index (χ3v) is 2.82. The molecule has 0 saturated carbocycles. The predicted molar refractivity (Wildman–Crippen MR) is 71.1 cm³/mol. The largest absolute Gasteiger partial charge is 0.507 e. The van der Waals surface area contributed by atoms with Gasteiger partial charge in [0.25, 0.3) is 5.91 Å². The highest BCUT2D eigenvalue weighted by atomic mass is 16.5. The molecule has 1 amide bonds. The number of ether oxygens (including phenoxy) is 1. The van der Waals surface area contributed by atoms with E-state index < -0.39 is 0 Å². The predicted octanol–water partition coefficient (Wildman–Crippen LogP) is 2.71. The number of phenolic OH excluding ortho intramolecular Hbond substituents is 1. The number of benzene rings is 1. The number of nitrogens with one attached hydrogen (secondary N) is 1. The molecule has 18 heavy (non-hydrogen) atoms. The molecule has 2 N–H and O–H groups in total. The zero-order chi connectivity index (χ0) is 13.5. The van der Waals surface area contributed by atoms with E-state index in [0.29, 0.717) is 5.75 Å². The highest BCUT2D eigenvalue weighted by Crippen LogP contribution is 2.23. The Morgan fingerprint density at radius 1 is 1.50 bits per heavy atom. The van der Waals surface area contributed by atoms with Gasteiger partial charge in [0.1, 0.15) is 11.5 Å². The fraction of sp³-hybridized carbons (Fsp3) is 0.500. The summed E-state index contributed by atoms with van der Waals surface area (Å²) in [4.78, 5) is 11.9. The number of hydrogen-bond donors (Lipinski definition) is 2. The minimum atomic E-state index is -0.251. The number of methoxy groups -OCH3 is 1. The van der Waals surface area contributed by atoms with E-state index in [2.05, 4.69) is 12.2 Å². The Morgan fingerprint density at radius 3 is 2.78 bits per heavy atom. The summed E-state index contributed by atoms with van der Waals surface area (Å²) in [5, 5.41) is 12.6. The fourth-order valence-electron chi connectivity index (χ4n) is 1.71. The normalized spacial score (nSPS) is 11.9. The second-order valence-electron chi connectivity index (χ2n) is 4.40. The van der Waals surface area contributed by atoms with Crippen LogP contribution in [0, 0.1) is 0 Å². The number of amides is 1. The van der Waals surface area contributed by atoms with Gasteiger partial charge in [0.15, 0.2) is 0 Å². The van der Waals surface area contributed by atoms with Crippen molar-refractivity contribution in [3.8, 4) is 11.5 Å². The summed E-state index contributed by atoms with van der Waals surface area (Å²) in [7, 11) is 1.52. The van der Waals surface area contributed by atoms with Gasteiger partial charge in [0.2, 0.25) is 0 Å². The molecule has 100 valence electrons. The molecule has 1 atom stereocenters. The number of unbranched alkanes of at least 4 members (excludes halogenated alkanes) is 1. The van der Waals surface area contributed by atoms with Gasteiger partial charge in [-0.3, -0.25) is 4.79 Å². The average molecular weight is 251 g/mol. The lowest BCUT2D eigenvalue weighted by Gasteiger charge is -2.14. The maximum Gasteiger partial charge on any atom is 0.255 e. The number of carbonyl (C=O) groups excluding carboxylic acids is 1. The Kier molecular flexibility index (Phi) is 5.49. The molecular weight excluding hydrogens is 230 g/mol. The third-order valence-electron chi connectivity index (χ3n) is 2.82. The van der Waals surface area contributed by atoms with E-state index in [0.717, 1.165) is 19.3 Å². The molecule has 0 aromatic heterocycles. The van der Waals surface area contributed by atoms with Gasteiger partial charge in [-0.25, -0.2) is 0 Å². The minimum Gasteiger partial charge on any atom is -0.507 e. The van der Waals surface area contributed by atoms with Crippen LogP contribution in [0.25, 0.3) is 0 Å². The number of aromatic hydroxyl groups is 1. The second kappa shape index (κ2) is 6.89. The van der Waals surface area contributed by atoms with Gasteiger partial charge in [-0.2, -0.15) is 0 Å². The first kappa shape index (κ1) is 14.4. The van der Waals surface area contributed by atoms with Gasteiger partial charge in [0, 0.05) is 12.1 Å². The van der Waals surface area contributed by atoms with E-state index in [1.807, 2.05) is 6.92 Å². The van der Waals surface area contributed by atoms with E-state index in [4.69, 9.17) is 4.74 Å². The van der Waals surface area contributed by atoms with Crippen LogP contribution in [0.2, 0.25) is 0 Å². The van der Waals surface area contributed by atoms with Gasteiger partial charge >= 0.3 is 0 Å². The summed E-state index contributed by atoms with van der Waals surface area (Å²) >= 11 is 0. The smallest absolute Gasteiger partial charge is 0.255 e. The summed E-state index contributed by atoms with van der Waals surface area (Å²) in [5.41, 5.74) is 0.277. The van der Waals surface area contributed by atoms with Crippen molar-refractivity contribution in [2.75, 3.05) is 7.11 Å². The molecule has 4 nitrogen and oxygen atoms in total. The van der Waals surface area contributed by atoms with Crippen LogP contribution < -0.4 is 10.1 Å². The topological polar surface area (TPSA) is 58.6 Å². The van der Waals surface area contributed by atoms with E-state index in [1.54, 1.807) is 12.1 Å². The molecule has 0 bridgehead atoms. The van der Waals surface area contributed by atoms with Crippen molar-refractivity contribution in [1.82, 2.24) is 5.32 Å². The van der Waals surface area contributed by atoms with Crippen molar-refractivity contribution < 1.29 is 14.6 Å². The van der Waals surface area contributed by atoms with Crippen LogP contribution in [0.15, 0.2) is 18.2 Å². The number of phenols is 1. The quantitative estimate of drug-likeness (QED) is 0.817. The summed E-state index contributed by atoms with van der Waals surface area (Å²) in [6, 6.07) is 4.77. The summed E-state index contributed by atoms with van der Waals surface area (Å²) in [6.07, 6.45) is 3.13. The van der Waals surface area contributed by atoms with E-state index in [-0.39, 0.29) is 23.3 Å². The van der Waals surface area contributed by atoms with Crippen molar-refractivity contribution in [3.63, 3.8) is 0 Å². The molecule has 1 aromatic rings. The second-order valence-corrected chi connectivity index (χ2v) is 4.40. The molecule has 0 spiro atoms. The average Bonchev–Trinajstić information content (AvgIpc) is 2.35. The molecule has 0 aliphatic rings. The molecule has 1 rings (SSSR count). The monoisotopic (exact) mass is 251 g/mol. The lowest BCUT2D eigenvalue weighted by Crippen LogP contribution is -2.32. The maximum atomic E-state index is 11.9. The zero-order valence-electron chi connectivity index (χ0n) is 11.2. The van der Waals surface area contributed by atoms with Crippen molar-refractivity contribution in [3.05, 3.63) is 23.8 Å². The Labute approximate surface area is 108 Å². The first-order valence-corrected chi connectivity index (χ1v) is 6.26. The lowest BCUT2D eigenvalue weighted by molar-refractivity contribution is 0.0935. The van der Waals surface area contributed by atoms with Crippen LogP contribution in [-0.4, -0.2) is 24.2 Å². The van der Waals surface area contributed by atoms with Crippen LogP contribution in [-0.2, 0) is 0 Å². The first-order valence-electron chi connectivity index (χ1n) is 6.26. The van der Waals surface area contributed by atoms with E-state index in [9.17, 15) is 9.90 Å². The van der Waals surface area contributed by atoms with Gasteiger partial charge in [0.05, 0.1) is 12.7 Å². The van der Waals surface area contributed by atoms with E-state index in [1.165, 1.54) is 13.2 Å². The molecule has 0 fully saturated rings. The van der Waals surface area contributed by atoms with Crippen molar-refractivity contribution >= 4 is 5.91 Å². The maximum absolute atomic E-state index is 11.9. The Hall–Kier alpha value is -1.71. The number of carbonyl (C=O) groups is 1. The summed E-state index contributed by atoms with van der Waals surface area (Å²) < 4.78 is 4.97. The lowest BCUT2D eigenvalue weighted by atomic mass is 10.1. The Balaban J connectivity index is 2.66. The highest BCUT2D eigenvalue weighted by molar-refractivity contribution is 5.97. The fourth-order valence-corrected chi connectivity index (χ4v) is 1.71. The SMILES string of the molecule is CCCCC(C)NC(=O)c1ccc(OC)cc1O. The van der Waals surface area contributed by atoms with Gasteiger partial charge in [-0.05, 0) is 25.5 Å². The van der Waals surface area contributed by atoms with Crippen LogP contribution in [0.5, 0.6) is 11.5 Å². The molecule has 0 aliphatic heterocycles. The Morgan fingerprint density at radius 2 is 2.22 bits per heavy atom. The molecule has 0 radical (unpaired) electrons. The van der Waals surface area contributed by atoms with Crippen LogP contribution in [0.3, 0.4) is 0 Å². The van der Waals surface area contributed by atoms with Gasteiger partial charge in [-0.1, -0.05) is 19.8 Å². The highest BCUT2D eigenvalue weighted by Gasteiger charge is 2.13. The molecule has 1 unspecified atom stereocenters. The summed E-state index contributed by atoms with van der Waals surface area (Å²) in [6.45, 7) is 4.08. The molecule has 0 saturated heterocycles. The zero-order valence-corrected chi connectivity index (χ0v) is 11.2. The first-order chi connectivity index (χ1) is 8.58. The van der Waals surface area contributed by atoms with Gasteiger partial charge < -0.3 is 15.2 Å². The Bertz CT molecular complexity index is 404. The van der Waals surface area contributed by atoms with Crippen molar-refractivity contribution in [1.29, 1.82) is 0 Å². The van der Waals surface area contributed by atoms with Crippen LogP contribution in [0.4, 0.5) is 0 Å². The number of hydrogen-bond acceptors (Lipinski definition) is 3. The molecule has 1 aromatic carbocycles. The molecular formula is C14H21NO3. The summed E-state index contributed by atoms with van der Waals surface area (Å²) in [5.74, 6) is 0.219. The molecule has 0 aliphatic carbocycles. The van der Waals surface area contributed by atoms with Crippen molar-refractivity contribution in [2.45, 2.75) is 39.2 Å². The molecule has 4 heteroatoms. The standard InChI is InChI=1S/C14H21NO3/c1-4-5-6-10(2)15-14(17)12-8-7-11(18-3)9-13(12)16/h7-10,16H,4-6H2,1-3H3,(H,15,17). The molecule has 0 heterocycles. The minimum absolute atomic E-state index is 0.0606. The van der Waals surface area contributed by atoms with Gasteiger partial charge in [-0.15, -0.1) is 0 Å².